The van der Waals surface area contributed by atoms with Crippen LogP contribution >= 0.6 is 0 Å². The van der Waals surface area contributed by atoms with Crippen LogP contribution in [0.5, 0.6) is 0 Å². The molecule has 1 saturated carbocycles. The van der Waals surface area contributed by atoms with Crippen molar-refractivity contribution < 1.29 is 10.2 Å². The summed E-state index contributed by atoms with van der Waals surface area (Å²) in [6.45, 7) is 6.24. The molecule has 0 bridgehead atoms. The lowest BCUT2D eigenvalue weighted by Gasteiger charge is -2.41. The van der Waals surface area contributed by atoms with E-state index in [1.807, 2.05) is 0 Å². The van der Waals surface area contributed by atoms with E-state index < -0.39 is 0 Å². The van der Waals surface area contributed by atoms with Crippen LogP contribution in [0.3, 0.4) is 0 Å². The molecule has 72 valence electrons. The van der Waals surface area contributed by atoms with Gasteiger partial charge in [0.05, 0.1) is 12.2 Å². The van der Waals surface area contributed by atoms with Crippen molar-refractivity contribution >= 4 is 0 Å². The Hall–Kier alpha value is -0.0800. The summed E-state index contributed by atoms with van der Waals surface area (Å²) in [4.78, 5) is 0. The Kier molecular flexibility index (Phi) is 2.79. The second-order valence-corrected chi connectivity index (χ2v) is 4.96. The number of aliphatic hydroxyl groups is 2. The number of aliphatic hydroxyl groups excluding tert-OH is 2. The largest absolute Gasteiger partial charge is 0.393 e. The minimum atomic E-state index is -0.311. The molecule has 2 atom stereocenters. The molecule has 2 nitrogen and oxygen atoms in total. The molecule has 1 aliphatic rings. The van der Waals surface area contributed by atoms with Crippen LogP contribution in [0.2, 0.25) is 0 Å². The molecule has 0 radical (unpaired) electrons. The molecular weight excluding hydrogens is 152 g/mol. The maximum Gasteiger partial charge on any atom is 0.0598 e. The van der Waals surface area contributed by atoms with Gasteiger partial charge in [-0.3, -0.25) is 0 Å². The van der Waals surface area contributed by atoms with E-state index in [0.29, 0.717) is 0 Å². The molecule has 0 aromatic rings. The molecule has 2 N–H and O–H groups in total. The highest BCUT2D eigenvalue weighted by Gasteiger charge is 2.38. The Morgan fingerprint density at radius 3 is 1.67 bits per heavy atom. The highest BCUT2D eigenvalue weighted by Crippen LogP contribution is 2.38. The van der Waals surface area contributed by atoms with E-state index in [-0.39, 0.29) is 23.5 Å². The van der Waals surface area contributed by atoms with Gasteiger partial charge in [-0.15, -0.1) is 0 Å². The van der Waals surface area contributed by atoms with Crippen molar-refractivity contribution in [3.8, 4) is 0 Å². The molecule has 0 aliphatic heterocycles. The number of rotatable bonds is 0. The topological polar surface area (TPSA) is 40.5 Å². The summed E-state index contributed by atoms with van der Waals surface area (Å²) < 4.78 is 0. The fourth-order valence-electron chi connectivity index (χ4n) is 2.31. The summed E-state index contributed by atoms with van der Waals surface area (Å²) in [6, 6.07) is 0. The van der Waals surface area contributed by atoms with Crippen molar-refractivity contribution in [2.24, 2.45) is 11.3 Å². The summed E-state index contributed by atoms with van der Waals surface area (Å²) >= 11 is 0. The highest BCUT2D eigenvalue weighted by molar-refractivity contribution is 4.89. The van der Waals surface area contributed by atoms with E-state index in [0.717, 1.165) is 19.3 Å². The SMILES string of the molecule is CC(C)(C)C1[C@H](O)CCC[C@H]1O. The standard InChI is InChI=1S/C10H20O2/c1-10(2,3)9-7(11)5-4-6-8(9)12/h7-9,11-12H,4-6H2,1-3H3/t7-,8-/m1/s1. The molecule has 1 fully saturated rings. The van der Waals surface area contributed by atoms with Gasteiger partial charge in [0.1, 0.15) is 0 Å². The summed E-state index contributed by atoms with van der Waals surface area (Å²) in [5.41, 5.74) is 0.0131. The van der Waals surface area contributed by atoms with Gasteiger partial charge >= 0.3 is 0 Å². The summed E-state index contributed by atoms with van der Waals surface area (Å²) in [5, 5.41) is 19.4. The molecule has 1 aliphatic carbocycles. The fourth-order valence-corrected chi connectivity index (χ4v) is 2.31. The average Bonchev–Trinajstić information content (AvgIpc) is 1.82. The predicted molar refractivity (Wildman–Crippen MR) is 48.8 cm³/mol. The van der Waals surface area contributed by atoms with Gasteiger partial charge in [-0.1, -0.05) is 20.8 Å². The lowest BCUT2D eigenvalue weighted by Crippen LogP contribution is -2.43. The Balaban J connectivity index is 2.69. The van der Waals surface area contributed by atoms with E-state index in [9.17, 15) is 10.2 Å². The second kappa shape index (κ2) is 3.35. The Morgan fingerprint density at radius 2 is 1.42 bits per heavy atom. The van der Waals surface area contributed by atoms with Gasteiger partial charge in [0.25, 0.3) is 0 Å². The number of hydrogen-bond donors (Lipinski definition) is 2. The maximum atomic E-state index is 9.71. The van der Waals surface area contributed by atoms with Crippen LogP contribution in [0.15, 0.2) is 0 Å². The van der Waals surface area contributed by atoms with Crippen molar-refractivity contribution in [1.82, 2.24) is 0 Å². The molecule has 0 heterocycles. The molecule has 0 aromatic carbocycles. The van der Waals surface area contributed by atoms with Gasteiger partial charge in [-0.25, -0.2) is 0 Å². The zero-order valence-corrected chi connectivity index (χ0v) is 8.25. The van der Waals surface area contributed by atoms with Crippen LogP contribution in [0.25, 0.3) is 0 Å². The first kappa shape index (κ1) is 10.0. The van der Waals surface area contributed by atoms with Gasteiger partial charge in [0, 0.05) is 5.92 Å². The fraction of sp³-hybridized carbons (Fsp3) is 1.00. The molecule has 0 unspecified atom stereocenters. The average molecular weight is 172 g/mol. The quantitative estimate of drug-likeness (QED) is 0.582. The zero-order valence-electron chi connectivity index (χ0n) is 8.25. The molecule has 0 aromatic heterocycles. The van der Waals surface area contributed by atoms with E-state index >= 15 is 0 Å². The smallest absolute Gasteiger partial charge is 0.0598 e. The van der Waals surface area contributed by atoms with Crippen molar-refractivity contribution in [2.75, 3.05) is 0 Å². The lowest BCUT2D eigenvalue weighted by atomic mass is 9.69. The molecule has 1 rings (SSSR count). The molecule has 2 heteroatoms. The monoisotopic (exact) mass is 172 g/mol. The third kappa shape index (κ3) is 1.99. The van der Waals surface area contributed by atoms with Gasteiger partial charge in [0.2, 0.25) is 0 Å². The Labute approximate surface area is 74.6 Å². The first-order valence-corrected chi connectivity index (χ1v) is 4.79. The van der Waals surface area contributed by atoms with E-state index in [1.54, 1.807) is 0 Å². The maximum absolute atomic E-state index is 9.71. The van der Waals surface area contributed by atoms with E-state index in [2.05, 4.69) is 20.8 Å². The van der Waals surface area contributed by atoms with E-state index in [1.165, 1.54) is 0 Å². The first-order valence-electron chi connectivity index (χ1n) is 4.79. The van der Waals surface area contributed by atoms with Gasteiger partial charge < -0.3 is 10.2 Å². The van der Waals surface area contributed by atoms with Crippen molar-refractivity contribution in [1.29, 1.82) is 0 Å². The number of hydrogen-bond acceptors (Lipinski definition) is 2. The predicted octanol–water partition coefficient (Wildman–Crippen LogP) is 1.55. The highest BCUT2D eigenvalue weighted by atomic mass is 16.3. The molecule has 0 spiro atoms. The van der Waals surface area contributed by atoms with Crippen molar-refractivity contribution in [3.63, 3.8) is 0 Å². The Bertz CT molecular complexity index is 138. The third-order valence-corrected chi connectivity index (χ3v) is 2.83. The van der Waals surface area contributed by atoms with Gasteiger partial charge in [-0.2, -0.15) is 0 Å². The van der Waals surface area contributed by atoms with Crippen LogP contribution in [0.1, 0.15) is 40.0 Å². The van der Waals surface area contributed by atoms with Crippen LogP contribution < -0.4 is 0 Å². The normalized spacial score (nSPS) is 33.8. The Morgan fingerprint density at radius 1 is 1.00 bits per heavy atom. The minimum absolute atomic E-state index is 0.0131. The zero-order chi connectivity index (χ0) is 9.35. The molecule has 0 saturated heterocycles. The van der Waals surface area contributed by atoms with Gasteiger partial charge in [0.15, 0.2) is 0 Å². The lowest BCUT2D eigenvalue weighted by molar-refractivity contribution is -0.0720. The third-order valence-electron chi connectivity index (χ3n) is 2.83. The molecular formula is C10H20O2. The summed E-state index contributed by atoms with van der Waals surface area (Å²) in [6.07, 6.45) is 2.02. The summed E-state index contributed by atoms with van der Waals surface area (Å²) in [7, 11) is 0. The molecule has 12 heavy (non-hydrogen) atoms. The first-order chi connectivity index (χ1) is 5.43. The molecule has 0 amide bonds. The van der Waals surface area contributed by atoms with Crippen LogP contribution in [-0.4, -0.2) is 22.4 Å². The van der Waals surface area contributed by atoms with Crippen LogP contribution in [-0.2, 0) is 0 Å². The minimum Gasteiger partial charge on any atom is -0.393 e. The van der Waals surface area contributed by atoms with Gasteiger partial charge in [-0.05, 0) is 24.7 Å². The van der Waals surface area contributed by atoms with Crippen LogP contribution in [0.4, 0.5) is 0 Å². The van der Waals surface area contributed by atoms with Crippen molar-refractivity contribution in [2.45, 2.75) is 52.2 Å². The second-order valence-electron chi connectivity index (χ2n) is 4.96. The van der Waals surface area contributed by atoms with Crippen molar-refractivity contribution in [3.05, 3.63) is 0 Å². The summed E-state index contributed by atoms with van der Waals surface area (Å²) in [5.74, 6) is 0.0475. The van der Waals surface area contributed by atoms with E-state index in [4.69, 9.17) is 0 Å². The van der Waals surface area contributed by atoms with Crippen LogP contribution in [0, 0.1) is 11.3 Å².